The van der Waals surface area contributed by atoms with Crippen LogP contribution < -0.4 is 15.4 Å². The maximum atomic E-state index is 9.45. The summed E-state index contributed by atoms with van der Waals surface area (Å²) < 4.78 is 5.16. The predicted octanol–water partition coefficient (Wildman–Crippen LogP) is 2.20. The molecule has 0 radical (unpaired) electrons. The number of methoxy groups -OCH3 is 1. The van der Waals surface area contributed by atoms with Gasteiger partial charge in [-0.05, 0) is 30.7 Å². The van der Waals surface area contributed by atoms with Crippen molar-refractivity contribution in [3.8, 4) is 23.1 Å². The highest BCUT2D eigenvalue weighted by molar-refractivity contribution is 5.81. The van der Waals surface area contributed by atoms with Gasteiger partial charge in [0.15, 0.2) is 0 Å². The van der Waals surface area contributed by atoms with Crippen LogP contribution in [-0.2, 0) is 6.42 Å². The van der Waals surface area contributed by atoms with Crippen LogP contribution in [0.2, 0.25) is 0 Å². The second-order valence-electron chi connectivity index (χ2n) is 5.06. The topological polar surface area (TPSA) is 75.2 Å². The van der Waals surface area contributed by atoms with Crippen molar-refractivity contribution < 1.29 is 4.74 Å². The Labute approximate surface area is 123 Å². The molecule has 2 aromatic rings. The van der Waals surface area contributed by atoms with Crippen LogP contribution in [-0.4, -0.2) is 25.7 Å². The van der Waals surface area contributed by atoms with Gasteiger partial charge < -0.3 is 15.4 Å². The van der Waals surface area contributed by atoms with Crippen LogP contribution in [0, 0.1) is 11.3 Å². The average molecular weight is 280 g/mol. The number of benzene rings is 1. The third-order valence-corrected chi connectivity index (χ3v) is 3.85. The average Bonchev–Trinajstić information content (AvgIpc) is 2.89. The first-order chi connectivity index (χ1) is 10.2. The van der Waals surface area contributed by atoms with Crippen LogP contribution in [0.4, 0.5) is 11.5 Å². The summed E-state index contributed by atoms with van der Waals surface area (Å²) in [5.41, 5.74) is 9.67. The molecular weight excluding hydrogens is 264 g/mol. The van der Waals surface area contributed by atoms with Crippen molar-refractivity contribution in [1.29, 1.82) is 5.26 Å². The zero-order valence-corrected chi connectivity index (χ0v) is 12.1. The molecule has 0 bridgehead atoms. The number of hydrogen-bond donors (Lipinski definition) is 1. The van der Waals surface area contributed by atoms with Gasteiger partial charge >= 0.3 is 0 Å². The number of ether oxygens (including phenoxy) is 1. The molecule has 1 aliphatic rings. The molecule has 0 saturated heterocycles. The van der Waals surface area contributed by atoms with Gasteiger partial charge in [0, 0.05) is 24.7 Å². The fourth-order valence-electron chi connectivity index (χ4n) is 2.65. The highest BCUT2D eigenvalue weighted by Gasteiger charge is 2.25. The van der Waals surface area contributed by atoms with Gasteiger partial charge in [0.2, 0.25) is 0 Å². The van der Waals surface area contributed by atoms with E-state index in [9.17, 15) is 5.26 Å². The molecule has 0 spiro atoms. The molecule has 0 aliphatic carbocycles. The van der Waals surface area contributed by atoms with Gasteiger partial charge in [0.1, 0.15) is 23.2 Å². The Balaban J connectivity index is 2.20. The molecule has 1 aromatic heterocycles. The molecule has 1 aliphatic heterocycles. The Bertz CT molecular complexity index is 731. The van der Waals surface area contributed by atoms with Crippen LogP contribution in [0.3, 0.4) is 0 Å². The minimum Gasteiger partial charge on any atom is -0.497 e. The highest BCUT2D eigenvalue weighted by atomic mass is 16.5. The van der Waals surface area contributed by atoms with Crippen LogP contribution >= 0.6 is 0 Å². The summed E-state index contributed by atoms with van der Waals surface area (Å²) >= 11 is 0. The molecule has 0 atom stereocenters. The standard InChI is InChI=1S/C16H16N4O/c1-20-8-7-12-14(18)13(9-17)15(19-16(12)20)10-3-5-11(21-2)6-4-10/h3-6H,7-8H2,1-2H3,(H2,18,19). The summed E-state index contributed by atoms with van der Waals surface area (Å²) in [6.45, 7) is 0.878. The minimum absolute atomic E-state index is 0.453. The molecule has 0 unspecified atom stereocenters. The van der Waals surface area contributed by atoms with Crippen LogP contribution in [0.1, 0.15) is 11.1 Å². The number of pyridine rings is 1. The van der Waals surface area contributed by atoms with E-state index in [1.54, 1.807) is 7.11 Å². The lowest BCUT2D eigenvalue weighted by molar-refractivity contribution is 0.415. The quantitative estimate of drug-likeness (QED) is 0.912. The van der Waals surface area contributed by atoms with Gasteiger partial charge in [0.05, 0.1) is 18.5 Å². The molecule has 5 nitrogen and oxygen atoms in total. The summed E-state index contributed by atoms with van der Waals surface area (Å²) in [4.78, 5) is 6.74. The first-order valence-corrected chi connectivity index (χ1v) is 6.73. The lowest BCUT2D eigenvalue weighted by Crippen LogP contribution is -2.14. The summed E-state index contributed by atoms with van der Waals surface area (Å²) in [6.07, 6.45) is 0.836. The molecule has 5 heteroatoms. The second-order valence-corrected chi connectivity index (χ2v) is 5.06. The van der Waals surface area contributed by atoms with Crippen molar-refractivity contribution in [1.82, 2.24) is 4.98 Å². The summed E-state index contributed by atoms with van der Waals surface area (Å²) in [7, 11) is 3.61. The molecule has 0 saturated carbocycles. The van der Waals surface area contributed by atoms with E-state index >= 15 is 0 Å². The Hall–Kier alpha value is -2.74. The van der Waals surface area contributed by atoms with E-state index in [0.29, 0.717) is 16.9 Å². The fourth-order valence-corrected chi connectivity index (χ4v) is 2.65. The number of nitriles is 1. The maximum Gasteiger partial charge on any atom is 0.134 e. The summed E-state index contributed by atoms with van der Waals surface area (Å²) in [5.74, 6) is 1.64. The number of aromatic nitrogens is 1. The first kappa shape index (κ1) is 13.3. The van der Waals surface area contributed by atoms with Crippen molar-refractivity contribution in [2.24, 2.45) is 0 Å². The van der Waals surface area contributed by atoms with Crippen LogP contribution in [0.15, 0.2) is 24.3 Å². The smallest absolute Gasteiger partial charge is 0.134 e. The lowest BCUT2D eigenvalue weighted by atomic mass is 10.0. The third-order valence-electron chi connectivity index (χ3n) is 3.85. The molecule has 3 rings (SSSR count). The zero-order chi connectivity index (χ0) is 15.0. The Morgan fingerprint density at radius 2 is 2.05 bits per heavy atom. The largest absolute Gasteiger partial charge is 0.497 e. The molecular formula is C16H16N4O. The van der Waals surface area contributed by atoms with E-state index in [1.165, 1.54) is 0 Å². The van der Waals surface area contributed by atoms with E-state index in [0.717, 1.165) is 35.7 Å². The van der Waals surface area contributed by atoms with Crippen molar-refractivity contribution in [2.45, 2.75) is 6.42 Å². The second kappa shape index (κ2) is 4.98. The molecule has 2 heterocycles. The van der Waals surface area contributed by atoms with Crippen molar-refractivity contribution >= 4 is 11.5 Å². The summed E-state index contributed by atoms with van der Waals surface area (Å²) in [6, 6.07) is 9.69. The molecule has 2 N–H and O–H groups in total. The zero-order valence-electron chi connectivity index (χ0n) is 12.1. The molecule has 0 fully saturated rings. The van der Waals surface area contributed by atoms with Crippen LogP contribution in [0.25, 0.3) is 11.3 Å². The fraction of sp³-hybridized carbons (Fsp3) is 0.250. The van der Waals surface area contributed by atoms with Gasteiger partial charge in [-0.25, -0.2) is 4.98 Å². The van der Waals surface area contributed by atoms with Crippen molar-refractivity contribution in [2.75, 3.05) is 31.3 Å². The number of likely N-dealkylation sites (N-methyl/N-ethyl adjacent to an activating group) is 1. The van der Waals surface area contributed by atoms with E-state index in [1.807, 2.05) is 31.3 Å². The van der Waals surface area contributed by atoms with Crippen molar-refractivity contribution in [3.63, 3.8) is 0 Å². The van der Waals surface area contributed by atoms with Gasteiger partial charge in [-0.2, -0.15) is 5.26 Å². The number of nitrogens with two attached hydrogens (primary N) is 1. The monoisotopic (exact) mass is 280 g/mol. The van der Waals surface area contributed by atoms with Gasteiger partial charge in [0.25, 0.3) is 0 Å². The number of nitrogens with zero attached hydrogens (tertiary/aromatic N) is 3. The van der Waals surface area contributed by atoms with E-state index in [-0.39, 0.29) is 0 Å². The van der Waals surface area contributed by atoms with Crippen molar-refractivity contribution in [3.05, 3.63) is 35.4 Å². The summed E-state index contributed by atoms with van der Waals surface area (Å²) in [5, 5.41) is 9.45. The molecule has 106 valence electrons. The van der Waals surface area contributed by atoms with Gasteiger partial charge in [-0.3, -0.25) is 0 Å². The Morgan fingerprint density at radius 3 is 2.67 bits per heavy atom. The highest BCUT2D eigenvalue weighted by Crippen LogP contribution is 2.37. The normalized spacial score (nSPS) is 12.9. The predicted molar refractivity (Wildman–Crippen MR) is 82.3 cm³/mol. The number of anilines is 2. The molecule has 0 amide bonds. The van der Waals surface area contributed by atoms with E-state index < -0.39 is 0 Å². The number of hydrogen-bond acceptors (Lipinski definition) is 5. The number of fused-ring (bicyclic) bond motifs is 1. The number of nitrogen functional groups attached to an aromatic ring is 1. The number of rotatable bonds is 2. The van der Waals surface area contributed by atoms with Gasteiger partial charge in [-0.1, -0.05) is 0 Å². The van der Waals surface area contributed by atoms with E-state index in [4.69, 9.17) is 10.5 Å². The maximum absolute atomic E-state index is 9.45. The Kier molecular flexibility index (Phi) is 3.15. The molecule has 1 aromatic carbocycles. The SMILES string of the molecule is COc1ccc(-c2nc3c(c(N)c2C#N)CCN3C)cc1. The van der Waals surface area contributed by atoms with Crippen LogP contribution in [0.5, 0.6) is 5.75 Å². The van der Waals surface area contributed by atoms with Gasteiger partial charge in [-0.15, -0.1) is 0 Å². The van der Waals surface area contributed by atoms with E-state index in [2.05, 4.69) is 16.0 Å². The molecule has 21 heavy (non-hydrogen) atoms. The Morgan fingerprint density at radius 1 is 1.33 bits per heavy atom. The first-order valence-electron chi connectivity index (χ1n) is 6.73. The minimum atomic E-state index is 0.453. The third kappa shape index (κ3) is 2.05. The lowest BCUT2D eigenvalue weighted by Gasteiger charge is -2.15.